The molecule has 4 nitrogen and oxygen atoms in total. The summed E-state index contributed by atoms with van der Waals surface area (Å²) >= 11 is 0. The Morgan fingerprint density at radius 1 is 1.32 bits per heavy atom. The molecule has 0 fully saturated rings. The first kappa shape index (κ1) is 18.5. The Kier molecular flexibility index (Phi) is 6.47. The second kappa shape index (κ2) is 7.67. The van der Waals surface area contributed by atoms with Crippen molar-refractivity contribution in [2.24, 2.45) is 5.92 Å². The van der Waals surface area contributed by atoms with Crippen LogP contribution in [0.1, 0.15) is 32.6 Å². The maximum absolute atomic E-state index is 12.6. The van der Waals surface area contributed by atoms with Crippen LogP contribution in [0.4, 0.5) is 13.2 Å². The normalized spacial score (nSPS) is 13.7. The lowest BCUT2D eigenvalue weighted by molar-refractivity contribution is -0.162. The van der Waals surface area contributed by atoms with Gasteiger partial charge in [0.05, 0.1) is 18.8 Å². The summed E-state index contributed by atoms with van der Waals surface area (Å²) < 4.78 is 43.1. The molecule has 1 amide bonds. The van der Waals surface area contributed by atoms with Crippen molar-refractivity contribution in [1.82, 2.24) is 9.80 Å². The zero-order valence-corrected chi connectivity index (χ0v) is 13.4. The molecule has 1 aromatic heterocycles. The first-order chi connectivity index (χ1) is 10.1. The van der Waals surface area contributed by atoms with E-state index in [-0.39, 0.29) is 25.0 Å². The van der Waals surface area contributed by atoms with Crippen LogP contribution >= 0.6 is 0 Å². The summed E-state index contributed by atoms with van der Waals surface area (Å²) in [6.07, 6.45) is -2.87. The molecule has 7 heteroatoms. The van der Waals surface area contributed by atoms with Gasteiger partial charge in [-0.1, -0.05) is 13.8 Å². The van der Waals surface area contributed by atoms with Gasteiger partial charge in [-0.3, -0.25) is 9.69 Å². The van der Waals surface area contributed by atoms with Gasteiger partial charge < -0.3 is 9.32 Å². The molecule has 0 bridgehead atoms. The molecule has 1 rings (SSSR count). The molecule has 0 aliphatic carbocycles. The average Bonchev–Trinajstić information content (AvgIpc) is 2.88. The largest absolute Gasteiger partial charge is 0.468 e. The van der Waals surface area contributed by atoms with Gasteiger partial charge in [0.1, 0.15) is 12.3 Å². The highest BCUT2D eigenvalue weighted by molar-refractivity contribution is 5.78. The molecule has 0 aliphatic heterocycles. The third kappa shape index (κ3) is 6.09. The molecule has 1 aromatic rings. The van der Waals surface area contributed by atoms with E-state index in [0.29, 0.717) is 5.76 Å². The van der Waals surface area contributed by atoms with Gasteiger partial charge in [-0.15, -0.1) is 0 Å². The fraction of sp³-hybridized carbons (Fsp3) is 0.667. The number of hydrogen-bond donors (Lipinski definition) is 0. The van der Waals surface area contributed by atoms with Crippen LogP contribution in [-0.4, -0.2) is 48.6 Å². The van der Waals surface area contributed by atoms with Crippen molar-refractivity contribution in [2.45, 2.75) is 33.0 Å². The van der Waals surface area contributed by atoms with Crippen LogP contribution in [0.5, 0.6) is 0 Å². The molecule has 1 unspecified atom stereocenters. The predicted octanol–water partition coefficient (Wildman–Crippen LogP) is 3.32. The summed E-state index contributed by atoms with van der Waals surface area (Å²) in [5.41, 5.74) is 0. The topological polar surface area (TPSA) is 36.7 Å². The maximum Gasteiger partial charge on any atom is 0.406 e. The minimum absolute atomic E-state index is 0.0286. The number of carbonyl (C=O) groups excluding carboxylic acids is 1. The molecule has 22 heavy (non-hydrogen) atoms. The molecule has 0 radical (unpaired) electrons. The number of rotatable bonds is 7. The standard InChI is InChI=1S/C15H23F3N2O2/c1-11(2)8-20(10-15(16,17)18)14(21)9-19(4)12(3)13-6-5-7-22-13/h5-7,11-12H,8-10H2,1-4H3. The monoisotopic (exact) mass is 320 g/mol. The van der Waals surface area contributed by atoms with Gasteiger partial charge in [-0.25, -0.2) is 0 Å². The highest BCUT2D eigenvalue weighted by atomic mass is 19.4. The number of halogens is 3. The zero-order chi connectivity index (χ0) is 16.9. The first-order valence-corrected chi connectivity index (χ1v) is 7.18. The van der Waals surface area contributed by atoms with E-state index in [0.717, 1.165) is 4.90 Å². The fourth-order valence-electron chi connectivity index (χ4n) is 2.11. The van der Waals surface area contributed by atoms with E-state index >= 15 is 0 Å². The summed E-state index contributed by atoms with van der Waals surface area (Å²) in [4.78, 5) is 14.7. The maximum atomic E-state index is 12.6. The van der Waals surface area contributed by atoms with Gasteiger partial charge in [0.2, 0.25) is 5.91 Å². The Bertz CT molecular complexity index is 458. The van der Waals surface area contributed by atoms with Crippen molar-refractivity contribution in [2.75, 3.05) is 26.7 Å². The molecule has 126 valence electrons. The second-order valence-corrected chi connectivity index (χ2v) is 5.89. The van der Waals surface area contributed by atoms with Crippen LogP contribution in [0.3, 0.4) is 0 Å². The SMILES string of the molecule is CC(C)CN(CC(F)(F)F)C(=O)CN(C)C(C)c1ccco1. The summed E-state index contributed by atoms with van der Waals surface area (Å²) in [6.45, 7) is 4.18. The van der Waals surface area contributed by atoms with Crippen molar-refractivity contribution in [3.05, 3.63) is 24.2 Å². The molecule has 1 atom stereocenters. The van der Waals surface area contributed by atoms with Crippen LogP contribution in [0.2, 0.25) is 0 Å². The van der Waals surface area contributed by atoms with Crippen molar-refractivity contribution in [1.29, 1.82) is 0 Å². The number of alkyl halides is 3. The lowest BCUT2D eigenvalue weighted by Gasteiger charge is -2.29. The number of amides is 1. The molecular formula is C15H23F3N2O2. The van der Waals surface area contributed by atoms with Crippen LogP contribution < -0.4 is 0 Å². The van der Waals surface area contributed by atoms with Crippen molar-refractivity contribution in [3.8, 4) is 0 Å². The summed E-state index contributed by atoms with van der Waals surface area (Å²) in [5, 5.41) is 0. The number of likely N-dealkylation sites (N-methyl/N-ethyl adjacent to an activating group) is 1. The molecule has 1 heterocycles. The Hall–Kier alpha value is -1.50. The third-order valence-electron chi connectivity index (χ3n) is 3.31. The molecule has 0 aliphatic rings. The molecular weight excluding hydrogens is 297 g/mol. The Balaban J connectivity index is 2.69. The first-order valence-electron chi connectivity index (χ1n) is 7.18. The van der Waals surface area contributed by atoms with Gasteiger partial charge in [-0.2, -0.15) is 13.2 Å². The summed E-state index contributed by atoms with van der Waals surface area (Å²) in [7, 11) is 1.69. The van der Waals surface area contributed by atoms with Crippen LogP contribution in [0.25, 0.3) is 0 Å². The van der Waals surface area contributed by atoms with E-state index in [9.17, 15) is 18.0 Å². The van der Waals surface area contributed by atoms with Gasteiger partial charge in [-0.05, 0) is 32.0 Å². The highest BCUT2D eigenvalue weighted by Gasteiger charge is 2.33. The molecule has 0 N–H and O–H groups in total. The smallest absolute Gasteiger partial charge is 0.406 e. The van der Waals surface area contributed by atoms with Crippen molar-refractivity contribution < 1.29 is 22.4 Å². The highest BCUT2D eigenvalue weighted by Crippen LogP contribution is 2.20. The lowest BCUT2D eigenvalue weighted by Crippen LogP contribution is -2.45. The average molecular weight is 320 g/mol. The van der Waals surface area contributed by atoms with E-state index in [1.165, 1.54) is 6.26 Å². The Morgan fingerprint density at radius 2 is 1.95 bits per heavy atom. The van der Waals surface area contributed by atoms with Gasteiger partial charge in [0.25, 0.3) is 0 Å². The Labute approximate surface area is 128 Å². The van der Waals surface area contributed by atoms with E-state index in [4.69, 9.17) is 4.42 Å². The lowest BCUT2D eigenvalue weighted by atomic mass is 10.2. The predicted molar refractivity (Wildman–Crippen MR) is 77.2 cm³/mol. The van der Waals surface area contributed by atoms with Gasteiger partial charge >= 0.3 is 6.18 Å². The fourth-order valence-corrected chi connectivity index (χ4v) is 2.11. The Morgan fingerprint density at radius 3 is 2.41 bits per heavy atom. The second-order valence-electron chi connectivity index (χ2n) is 5.89. The van der Waals surface area contributed by atoms with Gasteiger partial charge in [0, 0.05) is 6.54 Å². The minimum Gasteiger partial charge on any atom is -0.468 e. The van der Waals surface area contributed by atoms with E-state index in [1.807, 2.05) is 6.92 Å². The van der Waals surface area contributed by atoms with Crippen molar-refractivity contribution >= 4 is 5.91 Å². The van der Waals surface area contributed by atoms with E-state index < -0.39 is 18.6 Å². The molecule has 0 aromatic carbocycles. The number of furan rings is 1. The quantitative estimate of drug-likeness (QED) is 0.773. The van der Waals surface area contributed by atoms with Crippen molar-refractivity contribution in [3.63, 3.8) is 0 Å². The number of nitrogens with zero attached hydrogens (tertiary/aromatic N) is 2. The molecule has 0 spiro atoms. The molecule has 0 saturated carbocycles. The number of carbonyl (C=O) groups is 1. The third-order valence-corrected chi connectivity index (χ3v) is 3.31. The summed E-state index contributed by atoms with van der Waals surface area (Å²) in [6, 6.07) is 3.31. The minimum atomic E-state index is -4.39. The molecule has 0 saturated heterocycles. The van der Waals surface area contributed by atoms with Gasteiger partial charge in [0.15, 0.2) is 0 Å². The van der Waals surface area contributed by atoms with Crippen LogP contribution in [0.15, 0.2) is 22.8 Å². The van der Waals surface area contributed by atoms with E-state index in [1.54, 1.807) is 37.9 Å². The van der Waals surface area contributed by atoms with Crippen LogP contribution in [-0.2, 0) is 4.79 Å². The van der Waals surface area contributed by atoms with E-state index in [2.05, 4.69) is 0 Å². The van der Waals surface area contributed by atoms with Crippen LogP contribution in [0, 0.1) is 5.92 Å². The zero-order valence-electron chi connectivity index (χ0n) is 13.4. The summed E-state index contributed by atoms with van der Waals surface area (Å²) in [5.74, 6) is 0.104. The number of hydrogen-bond acceptors (Lipinski definition) is 3.